The fourth-order valence-electron chi connectivity index (χ4n) is 1.61. The van der Waals surface area contributed by atoms with Crippen molar-refractivity contribution < 1.29 is 4.74 Å². The summed E-state index contributed by atoms with van der Waals surface area (Å²) >= 11 is 3.44. The Morgan fingerprint density at radius 2 is 2.06 bits per heavy atom. The van der Waals surface area contributed by atoms with Crippen molar-refractivity contribution in [2.24, 2.45) is 11.1 Å². The van der Waals surface area contributed by atoms with Crippen molar-refractivity contribution in [2.45, 2.75) is 33.6 Å². The van der Waals surface area contributed by atoms with Crippen molar-refractivity contribution in [3.63, 3.8) is 0 Å². The van der Waals surface area contributed by atoms with Crippen LogP contribution in [0.1, 0.15) is 32.3 Å². The molecular weight excluding hydrogens is 278 g/mol. The number of ether oxygens (including phenoxy) is 1. The van der Waals surface area contributed by atoms with Gasteiger partial charge in [0.1, 0.15) is 5.75 Å². The van der Waals surface area contributed by atoms with Crippen LogP contribution in [0.4, 0.5) is 0 Å². The molecule has 0 bridgehead atoms. The van der Waals surface area contributed by atoms with Gasteiger partial charge in [0.25, 0.3) is 0 Å². The smallest absolute Gasteiger partial charge is 0.122 e. The van der Waals surface area contributed by atoms with Gasteiger partial charge in [-0.05, 0) is 55.5 Å². The molecule has 17 heavy (non-hydrogen) atoms. The van der Waals surface area contributed by atoms with Gasteiger partial charge in [-0.2, -0.15) is 0 Å². The first-order valence-corrected chi connectivity index (χ1v) is 6.83. The highest BCUT2D eigenvalue weighted by atomic mass is 79.9. The maximum absolute atomic E-state index is 5.77. The molecule has 1 rings (SSSR count). The highest BCUT2D eigenvalue weighted by molar-refractivity contribution is 9.10. The molecular formula is C14H22BrNO. The van der Waals surface area contributed by atoms with Gasteiger partial charge in [-0.25, -0.2) is 0 Å². The summed E-state index contributed by atoms with van der Waals surface area (Å²) < 4.78 is 6.86. The van der Waals surface area contributed by atoms with E-state index < -0.39 is 0 Å². The highest BCUT2D eigenvalue weighted by Gasteiger charge is 2.14. The molecule has 0 amide bonds. The molecule has 0 aromatic heterocycles. The van der Waals surface area contributed by atoms with Crippen LogP contribution in [0.5, 0.6) is 5.75 Å². The number of halogens is 1. The zero-order valence-corrected chi connectivity index (χ0v) is 12.5. The van der Waals surface area contributed by atoms with Crippen molar-refractivity contribution >= 4 is 15.9 Å². The largest absolute Gasteiger partial charge is 0.493 e. The molecule has 0 saturated carbocycles. The fraction of sp³-hybridized carbons (Fsp3) is 0.571. The topological polar surface area (TPSA) is 35.2 Å². The quantitative estimate of drug-likeness (QED) is 0.809. The second kappa shape index (κ2) is 6.41. The molecule has 1 aromatic carbocycles. The average molecular weight is 300 g/mol. The lowest BCUT2D eigenvalue weighted by Gasteiger charge is -2.22. The molecule has 96 valence electrons. The summed E-state index contributed by atoms with van der Waals surface area (Å²) in [6, 6.07) is 6.08. The predicted octanol–water partition coefficient (Wildman–Crippen LogP) is 3.90. The maximum Gasteiger partial charge on any atom is 0.122 e. The molecule has 2 nitrogen and oxygen atoms in total. The van der Waals surface area contributed by atoms with Crippen LogP contribution in [0.15, 0.2) is 22.7 Å². The average Bonchev–Trinajstić information content (AvgIpc) is 2.27. The Morgan fingerprint density at radius 3 is 2.65 bits per heavy atom. The molecule has 0 saturated heterocycles. The third kappa shape index (κ3) is 5.09. The van der Waals surface area contributed by atoms with E-state index in [1.54, 1.807) is 0 Å². The van der Waals surface area contributed by atoms with E-state index in [0.717, 1.165) is 41.8 Å². The van der Waals surface area contributed by atoms with Gasteiger partial charge >= 0.3 is 0 Å². The van der Waals surface area contributed by atoms with E-state index >= 15 is 0 Å². The summed E-state index contributed by atoms with van der Waals surface area (Å²) in [7, 11) is 0. The molecule has 0 fully saturated rings. The maximum atomic E-state index is 5.77. The van der Waals surface area contributed by atoms with Gasteiger partial charge in [-0.1, -0.05) is 29.8 Å². The predicted molar refractivity (Wildman–Crippen MR) is 76.4 cm³/mol. The van der Waals surface area contributed by atoms with Crippen LogP contribution in [0.3, 0.4) is 0 Å². The summed E-state index contributed by atoms with van der Waals surface area (Å²) in [5.74, 6) is 0.971. The van der Waals surface area contributed by atoms with Crippen molar-refractivity contribution in [1.82, 2.24) is 0 Å². The SMILES string of the molecule is Cc1cc(Br)ccc1OCCCC(C)(C)CN. The summed E-state index contributed by atoms with van der Waals surface area (Å²) in [4.78, 5) is 0. The standard InChI is InChI=1S/C14H22BrNO/c1-11-9-12(15)5-6-13(11)17-8-4-7-14(2,3)10-16/h5-6,9H,4,7-8,10,16H2,1-3H3. The Morgan fingerprint density at radius 1 is 1.35 bits per heavy atom. The lowest BCUT2D eigenvalue weighted by Crippen LogP contribution is -2.24. The van der Waals surface area contributed by atoms with Gasteiger partial charge in [-0.15, -0.1) is 0 Å². The van der Waals surface area contributed by atoms with Crippen molar-refractivity contribution in [1.29, 1.82) is 0 Å². The zero-order valence-electron chi connectivity index (χ0n) is 10.9. The minimum Gasteiger partial charge on any atom is -0.493 e. The molecule has 2 N–H and O–H groups in total. The van der Waals surface area contributed by atoms with E-state index in [0.29, 0.717) is 0 Å². The number of nitrogens with two attached hydrogens (primary N) is 1. The summed E-state index contributed by atoms with van der Waals surface area (Å²) in [6.07, 6.45) is 2.14. The van der Waals surface area contributed by atoms with Crippen molar-refractivity contribution in [3.8, 4) is 5.75 Å². The first-order valence-electron chi connectivity index (χ1n) is 6.04. The van der Waals surface area contributed by atoms with E-state index in [4.69, 9.17) is 10.5 Å². The zero-order chi connectivity index (χ0) is 12.9. The van der Waals surface area contributed by atoms with Crippen LogP contribution >= 0.6 is 15.9 Å². The molecule has 0 heterocycles. The highest BCUT2D eigenvalue weighted by Crippen LogP contribution is 2.24. The number of hydrogen-bond acceptors (Lipinski definition) is 2. The minimum absolute atomic E-state index is 0.220. The van der Waals surface area contributed by atoms with Crippen LogP contribution in [0, 0.1) is 12.3 Å². The van der Waals surface area contributed by atoms with E-state index in [2.05, 4.69) is 42.8 Å². The van der Waals surface area contributed by atoms with E-state index in [1.165, 1.54) is 0 Å². The first kappa shape index (κ1) is 14.5. The third-order valence-electron chi connectivity index (χ3n) is 2.95. The Bertz CT molecular complexity index is 363. The lowest BCUT2D eigenvalue weighted by molar-refractivity contribution is 0.260. The van der Waals surface area contributed by atoms with Gasteiger partial charge in [-0.3, -0.25) is 0 Å². The molecule has 0 aliphatic rings. The molecule has 0 radical (unpaired) electrons. The molecule has 0 spiro atoms. The normalized spacial score (nSPS) is 11.6. The molecule has 0 aliphatic heterocycles. The summed E-state index contributed by atoms with van der Waals surface area (Å²) in [5.41, 5.74) is 7.08. The number of rotatable bonds is 6. The van der Waals surface area contributed by atoms with Gasteiger partial charge in [0, 0.05) is 4.47 Å². The molecule has 0 atom stereocenters. The fourth-order valence-corrected chi connectivity index (χ4v) is 2.09. The van der Waals surface area contributed by atoms with Gasteiger partial charge in [0.2, 0.25) is 0 Å². The minimum atomic E-state index is 0.220. The third-order valence-corrected chi connectivity index (χ3v) is 3.44. The van der Waals surface area contributed by atoms with E-state index in [1.807, 2.05) is 12.1 Å². The Balaban J connectivity index is 2.36. The Hall–Kier alpha value is -0.540. The van der Waals surface area contributed by atoms with Crippen LogP contribution in [-0.4, -0.2) is 13.2 Å². The molecule has 0 aliphatic carbocycles. The summed E-state index contributed by atoms with van der Waals surface area (Å²) in [6.45, 7) is 7.93. The summed E-state index contributed by atoms with van der Waals surface area (Å²) in [5, 5.41) is 0. The lowest BCUT2D eigenvalue weighted by atomic mass is 9.88. The number of benzene rings is 1. The first-order chi connectivity index (χ1) is 7.94. The van der Waals surface area contributed by atoms with Gasteiger partial charge in [0.15, 0.2) is 0 Å². The van der Waals surface area contributed by atoms with Crippen molar-refractivity contribution in [2.75, 3.05) is 13.2 Å². The van der Waals surface area contributed by atoms with Crippen molar-refractivity contribution in [3.05, 3.63) is 28.2 Å². The second-order valence-electron chi connectivity index (χ2n) is 5.23. The monoisotopic (exact) mass is 299 g/mol. The molecule has 0 unspecified atom stereocenters. The second-order valence-corrected chi connectivity index (χ2v) is 6.15. The molecule has 1 aromatic rings. The van der Waals surface area contributed by atoms with Crippen LogP contribution < -0.4 is 10.5 Å². The van der Waals surface area contributed by atoms with E-state index in [9.17, 15) is 0 Å². The van der Waals surface area contributed by atoms with Gasteiger partial charge in [0.05, 0.1) is 6.61 Å². The Kier molecular flexibility index (Phi) is 5.47. The Labute approximate surface area is 113 Å². The van der Waals surface area contributed by atoms with Crippen LogP contribution in [0.2, 0.25) is 0 Å². The van der Waals surface area contributed by atoms with E-state index in [-0.39, 0.29) is 5.41 Å². The molecule has 3 heteroatoms. The van der Waals surface area contributed by atoms with Gasteiger partial charge < -0.3 is 10.5 Å². The van der Waals surface area contributed by atoms with Crippen LogP contribution in [0.25, 0.3) is 0 Å². The number of aryl methyl sites for hydroxylation is 1. The van der Waals surface area contributed by atoms with Crippen LogP contribution in [-0.2, 0) is 0 Å². The number of hydrogen-bond donors (Lipinski definition) is 1.